The first kappa shape index (κ1) is 33.9. The Kier molecular flexibility index (Phi) is 6.88. The Morgan fingerprint density at radius 2 is 1.13 bits per heavy atom. The first-order valence-electron chi connectivity index (χ1n) is 21.0. The van der Waals surface area contributed by atoms with E-state index in [-0.39, 0.29) is 0 Å². The number of hydrogen-bond acceptors (Lipinski definition) is 5. The third-order valence-corrected chi connectivity index (χ3v) is 14.3. The molecular weight excluding hydrogens is 777 g/mol. The van der Waals surface area contributed by atoms with Crippen molar-refractivity contribution >= 4 is 64.4 Å². The van der Waals surface area contributed by atoms with Crippen LogP contribution >= 0.6 is 11.3 Å². The number of benzene rings is 9. The molecule has 1 spiro atoms. The van der Waals surface area contributed by atoms with Gasteiger partial charge in [-0.25, -0.2) is 9.97 Å². The molecule has 4 nitrogen and oxygen atoms in total. The van der Waals surface area contributed by atoms with Crippen molar-refractivity contribution < 1.29 is 9.15 Å². The molecule has 0 fully saturated rings. The Balaban J connectivity index is 1.00. The highest BCUT2D eigenvalue weighted by molar-refractivity contribution is 7.26. The number of hydrogen-bond donors (Lipinski definition) is 0. The number of nitrogens with zero attached hydrogens (tertiary/aromatic N) is 2. The van der Waals surface area contributed by atoms with Crippen LogP contribution < -0.4 is 4.74 Å². The van der Waals surface area contributed by atoms with Crippen LogP contribution in [0.25, 0.3) is 97.9 Å². The third-order valence-electron chi connectivity index (χ3n) is 13.1. The Hall–Kier alpha value is -7.86. The predicted molar refractivity (Wildman–Crippen MR) is 253 cm³/mol. The summed E-state index contributed by atoms with van der Waals surface area (Å²) in [6.07, 6.45) is 0. The fraction of sp³-hybridized carbons (Fsp3) is 0.0175. The molecule has 1 aliphatic carbocycles. The Labute approximate surface area is 360 Å². The van der Waals surface area contributed by atoms with Gasteiger partial charge in [-0.1, -0.05) is 140 Å². The number of furan rings is 1. The second kappa shape index (κ2) is 12.6. The van der Waals surface area contributed by atoms with E-state index < -0.39 is 5.41 Å². The Bertz CT molecular complexity index is 3820. The largest absolute Gasteiger partial charge is 0.457 e. The van der Waals surface area contributed by atoms with E-state index >= 15 is 0 Å². The molecule has 0 amide bonds. The molecule has 12 aromatic rings. The molecule has 0 saturated heterocycles. The van der Waals surface area contributed by atoms with Crippen LogP contribution in [-0.4, -0.2) is 9.97 Å². The van der Waals surface area contributed by atoms with Gasteiger partial charge in [-0.2, -0.15) is 0 Å². The van der Waals surface area contributed by atoms with E-state index in [1.54, 1.807) is 11.3 Å². The average molecular weight is 809 g/mol. The van der Waals surface area contributed by atoms with Gasteiger partial charge in [0.25, 0.3) is 0 Å². The minimum atomic E-state index is -0.549. The number of aromatic nitrogens is 2. The normalized spacial score (nSPS) is 13.4. The second-order valence-corrected chi connectivity index (χ2v) is 17.4. The van der Waals surface area contributed by atoms with E-state index in [2.05, 4.69) is 176 Å². The molecule has 0 bridgehead atoms. The van der Waals surface area contributed by atoms with Gasteiger partial charge >= 0.3 is 0 Å². The molecule has 4 heterocycles. The van der Waals surface area contributed by atoms with Gasteiger partial charge in [0.1, 0.15) is 22.7 Å². The Morgan fingerprint density at radius 3 is 1.97 bits per heavy atom. The highest BCUT2D eigenvalue weighted by Crippen LogP contribution is 2.63. The fourth-order valence-corrected chi connectivity index (χ4v) is 11.6. The van der Waals surface area contributed by atoms with Crippen LogP contribution in [0.15, 0.2) is 199 Å². The molecule has 5 heteroatoms. The zero-order valence-electron chi connectivity index (χ0n) is 33.1. The average Bonchev–Trinajstić information content (AvgIpc) is 3.99. The van der Waals surface area contributed by atoms with Crippen molar-refractivity contribution in [1.29, 1.82) is 0 Å². The van der Waals surface area contributed by atoms with Gasteiger partial charge in [0.2, 0.25) is 0 Å². The SMILES string of the molecule is c1ccc(-c2nc(-c3cccc4oc5ccc(-c6ccc7c(c6)-c6cc8ccccc8cc6C76c7ccccc7Oc7ccccc76)cc5c34)c3sc4ccccc4c3n2)cc1. The molecule has 1 aliphatic heterocycles. The first-order valence-corrected chi connectivity index (χ1v) is 21.8. The maximum atomic E-state index is 6.64. The van der Waals surface area contributed by atoms with E-state index in [9.17, 15) is 0 Å². The number of rotatable bonds is 3. The molecule has 288 valence electrons. The number of ether oxygens (including phenoxy) is 1. The molecule has 62 heavy (non-hydrogen) atoms. The second-order valence-electron chi connectivity index (χ2n) is 16.4. The van der Waals surface area contributed by atoms with Gasteiger partial charge in [-0.05, 0) is 98.8 Å². The summed E-state index contributed by atoms with van der Waals surface area (Å²) in [7, 11) is 0. The van der Waals surface area contributed by atoms with Gasteiger partial charge < -0.3 is 9.15 Å². The summed E-state index contributed by atoms with van der Waals surface area (Å²) in [4.78, 5) is 10.5. The quantitative estimate of drug-likeness (QED) is 0.178. The molecule has 0 unspecified atom stereocenters. The molecule has 14 rings (SSSR count). The van der Waals surface area contributed by atoms with Crippen molar-refractivity contribution in [3.63, 3.8) is 0 Å². The number of thiophene rings is 1. The van der Waals surface area contributed by atoms with E-state index in [1.807, 2.05) is 18.2 Å². The summed E-state index contributed by atoms with van der Waals surface area (Å²) in [6.45, 7) is 0. The minimum absolute atomic E-state index is 0.549. The van der Waals surface area contributed by atoms with Gasteiger partial charge in [-0.15, -0.1) is 11.3 Å². The first-order chi connectivity index (χ1) is 30.7. The summed E-state index contributed by atoms with van der Waals surface area (Å²) in [5.74, 6) is 2.49. The summed E-state index contributed by atoms with van der Waals surface area (Å²) < 4.78 is 15.5. The summed E-state index contributed by atoms with van der Waals surface area (Å²) in [5, 5.41) is 5.69. The molecular formula is C57H32N2O2S. The van der Waals surface area contributed by atoms with Crippen molar-refractivity contribution in [3.05, 3.63) is 216 Å². The van der Waals surface area contributed by atoms with E-state index in [1.165, 1.54) is 37.7 Å². The van der Waals surface area contributed by atoms with Crippen LogP contribution in [0.3, 0.4) is 0 Å². The van der Waals surface area contributed by atoms with E-state index in [0.29, 0.717) is 5.82 Å². The highest BCUT2D eigenvalue weighted by atomic mass is 32.1. The number of fused-ring (bicyclic) bond motifs is 16. The molecule has 3 aromatic heterocycles. The highest BCUT2D eigenvalue weighted by Gasteiger charge is 2.51. The maximum Gasteiger partial charge on any atom is 0.160 e. The molecule has 0 N–H and O–H groups in total. The lowest BCUT2D eigenvalue weighted by Crippen LogP contribution is -2.32. The lowest BCUT2D eigenvalue weighted by atomic mass is 9.66. The fourth-order valence-electron chi connectivity index (χ4n) is 10.5. The van der Waals surface area contributed by atoms with Crippen LogP contribution in [0.2, 0.25) is 0 Å². The standard InChI is InChI=1S/C57H32N2O2S/c1-2-13-33(14-3-1)56-58-53-38-17-6-11-24-51(38)62-55(53)54(59-56)39-18-12-23-50-52(39)42-31-37(26-28-47(42)60-50)36-25-27-43-40(30-36)41-29-34-15-4-5-16-35(34)32-46(41)57(43)44-19-7-9-21-48(44)61-49-22-10-8-20-45(49)57/h1-32H. The molecule has 2 aliphatic rings. The van der Waals surface area contributed by atoms with E-state index in [0.717, 1.165) is 88.1 Å². The van der Waals surface area contributed by atoms with E-state index in [4.69, 9.17) is 19.1 Å². The van der Waals surface area contributed by atoms with Crippen LogP contribution in [0.5, 0.6) is 11.5 Å². The molecule has 0 radical (unpaired) electrons. The lowest BCUT2D eigenvalue weighted by molar-refractivity contribution is 0.436. The smallest absolute Gasteiger partial charge is 0.160 e. The van der Waals surface area contributed by atoms with Crippen LogP contribution in [0, 0.1) is 0 Å². The third kappa shape index (κ3) is 4.60. The molecule has 0 saturated carbocycles. The molecule has 9 aromatic carbocycles. The van der Waals surface area contributed by atoms with Gasteiger partial charge in [0.05, 0.1) is 21.3 Å². The zero-order valence-corrected chi connectivity index (χ0v) is 33.9. The van der Waals surface area contributed by atoms with Gasteiger partial charge in [0.15, 0.2) is 5.82 Å². The maximum absolute atomic E-state index is 6.64. The van der Waals surface area contributed by atoms with Crippen molar-refractivity contribution in [2.75, 3.05) is 0 Å². The topological polar surface area (TPSA) is 48.2 Å². The van der Waals surface area contributed by atoms with Crippen molar-refractivity contribution in [3.8, 4) is 56.4 Å². The van der Waals surface area contributed by atoms with Crippen molar-refractivity contribution in [2.24, 2.45) is 0 Å². The van der Waals surface area contributed by atoms with Gasteiger partial charge in [-0.3, -0.25) is 0 Å². The monoisotopic (exact) mass is 808 g/mol. The van der Waals surface area contributed by atoms with Crippen LogP contribution in [-0.2, 0) is 5.41 Å². The minimum Gasteiger partial charge on any atom is -0.457 e. The van der Waals surface area contributed by atoms with Crippen LogP contribution in [0.4, 0.5) is 0 Å². The van der Waals surface area contributed by atoms with Crippen molar-refractivity contribution in [1.82, 2.24) is 9.97 Å². The van der Waals surface area contributed by atoms with Crippen molar-refractivity contribution in [2.45, 2.75) is 5.41 Å². The molecule has 0 atom stereocenters. The van der Waals surface area contributed by atoms with Gasteiger partial charge in [0, 0.05) is 43.1 Å². The summed E-state index contributed by atoms with van der Waals surface area (Å²) in [6, 6.07) is 69.5. The summed E-state index contributed by atoms with van der Waals surface area (Å²) >= 11 is 1.75. The van der Waals surface area contributed by atoms with Crippen LogP contribution in [0.1, 0.15) is 22.3 Å². The predicted octanol–water partition coefficient (Wildman–Crippen LogP) is 15.4. The lowest BCUT2D eigenvalue weighted by Gasteiger charge is -2.39. The zero-order chi connectivity index (χ0) is 40.5. The Morgan fingerprint density at radius 1 is 0.435 bits per heavy atom. The summed E-state index contributed by atoms with van der Waals surface area (Å²) in [5.41, 5.74) is 14.6. The number of para-hydroxylation sites is 2.